The summed E-state index contributed by atoms with van der Waals surface area (Å²) < 4.78 is 5.87. The largest absolute Gasteiger partial charge is 0.508 e. The van der Waals surface area contributed by atoms with Crippen LogP contribution in [0.3, 0.4) is 0 Å². The first-order valence-electron chi connectivity index (χ1n) is 7.11. The highest BCUT2D eigenvalue weighted by Gasteiger charge is 2.33. The Labute approximate surface area is 114 Å². The van der Waals surface area contributed by atoms with Crippen molar-refractivity contribution in [2.45, 2.75) is 26.3 Å². The van der Waals surface area contributed by atoms with Crippen LogP contribution in [0.4, 0.5) is 0 Å². The standard InChI is InChI=1S/C16H21NO2/c1-3-6-17-9-11(2)7-13-14-8-12(18)4-5-16(14)19-10-15(13)17/h4-5,7-8,11,15,18H,3,6,9-10H2,1-2H3/t11-,15-/m1/s1. The SMILES string of the molecule is CCCN1C[C@H](C)C=C2c3cc(O)ccc3OC[C@H]21. The van der Waals surface area contributed by atoms with Crippen LogP contribution in [0, 0.1) is 5.92 Å². The van der Waals surface area contributed by atoms with Gasteiger partial charge in [-0.15, -0.1) is 0 Å². The Hall–Kier alpha value is -1.48. The third kappa shape index (κ3) is 2.23. The highest BCUT2D eigenvalue weighted by atomic mass is 16.5. The number of hydrogen-bond acceptors (Lipinski definition) is 3. The molecule has 0 saturated carbocycles. The Morgan fingerprint density at radius 1 is 1.42 bits per heavy atom. The van der Waals surface area contributed by atoms with Gasteiger partial charge in [0.2, 0.25) is 0 Å². The van der Waals surface area contributed by atoms with Crippen molar-refractivity contribution in [3.05, 3.63) is 29.8 Å². The van der Waals surface area contributed by atoms with E-state index in [0.29, 0.717) is 17.7 Å². The van der Waals surface area contributed by atoms with Crippen LogP contribution >= 0.6 is 0 Å². The van der Waals surface area contributed by atoms with Crippen molar-refractivity contribution in [2.75, 3.05) is 19.7 Å². The van der Waals surface area contributed by atoms with Gasteiger partial charge >= 0.3 is 0 Å². The molecule has 0 bridgehead atoms. The second-order valence-electron chi connectivity index (χ2n) is 5.60. The van der Waals surface area contributed by atoms with Crippen LogP contribution in [0.25, 0.3) is 5.57 Å². The first-order valence-corrected chi connectivity index (χ1v) is 7.11. The van der Waals surface area contributed by atoms with E-state index in [0.717, 1.165) is 37.4 Å². The molecule has 0 unspecified atom stereocenters. The summed E-state index contributed by atoms with van der Waals surface area (Å²) in [6.45, 7) is 7.38. The predicted octanol–water partition coefficient (Wildman–Crippen LogP) is 2.90. The zero-order chi connectivity index (χ0) is 13.4. The average molecular weight is 259 g/mol. The number of benzene rings is 1. The first kappa shape index (κ1) is 12.5. The lowest BCUT2D eigenvalue weighted by molar-refractivity contribution is 0.143. The van der Waals surface area contributed by atoms with E-state index < -0.39 is 0 Å². The fourth-order valence-corrected chi connectivity index (χ4v) is 3.20. The van der Waals surface area contributed by atoms with Gasteiger partial charge in [0.05, 0.1) is 6.04 Å². The van der Waals surface area contributed by atoms with Crippen molar-refractivity contribution in [3.8, 4) is 11.5 Å². The lowest BCUT2D eigenvalue weighted by atomic mass is 9.87. The van der Waals surface area contributed by atoms with Crippen molar-refractivity contribution in [1.82, 2.24) is 4.90 Å². The van der Waals surface area contributed by atoms with Crippen LogP contribution in [-0.4, -0.2) is 35.7 Å². The Kier molecular flexibility index (Phi) is 3.23. The minimum absolute atomic E-state index is 0.309. The second kappa shape index (κ2) is 4.89. The van der Waals surface area contributed by atoms with Gasteiger partial charge in [-0.2, -0.15) is 0 Å². The third-order valence-corrected chi connectivity index (χ3v) is 3.97. The molecular formula is C16H21NO2. The quantitative estimate of drug-likeness (QED) is 0.886. The number of ether oxygens (including phenoxy) is 1. The summed E-state index contributed by atoms with van der Waals surface area (Å²) >= 11 is 0. The van der Waals surface area contributed by atoms with Crippen molar-refractivity contribution in [1.29, 1.82) is 0 Å². The molecule has 2 atom stereocenters. The number of nitrogens with zero attached hydrogens (tertiary/aromatic N) is 1. The highest BCUT2D eigenvalue weighted by Crippen LogP contribution is 2.40. The Balaban J connectivity index is 2.02. The van der Waals surface area contributed by atoms with Crippen LogP contribution in [0.5, 0.6) is 11.5 Å². The van der Waals surface area contributed by atoms with E-state index in [1.54, 1.807) is 6.07 Å². The van der Waals surface area contributed by atoms with Crippen molar-refractivity contribution >= 4 is 5.57 Å². The Morgan fingerprint density at radius 3 is 3.05 bits per heavy atom. The number of aromatic hydroxyl groups is 1. The molecule has 0 fully saturated rings. The summed E-state index contributed by atoms with van der Waals surface area (Å²) in [5.41, 5.74) is 2.38. The monoisotopic (exact) mass is 259 g/mol. The molecule has 0 saturated heterocycles. The van der Waals surface area contributed by atoms with E-state index in [9.17, 15) is 5.11 Å². The molecule has 3 heteroatoms. The normalized spacial score (nSPS) is 26.1. The Morgan fingerprint density at radius 2 is 2.26 bits per heavy atom. The zero-order valence-corrected chi connectivity index (χ0v) is 11.6. The summed E-state index contributed by atoms with van der Waals surface area (Å²) in [7, 11) is 0. The zero-order valence-electron chi connectivity index (χ0n) is 11.6. The number of hydrogen-bond donors (Lipinski definition) is 1. The van der Waals surface area contributed by atoms with E-state index >= 15 is 0 Å². The molecule has 0 spiro atoms. The fourth-order valence-electron chi connectivity index (χ4n) is 3.20. The molecule has 1 aromatic carbocycles. The van der Waals surface area contributed by atoms with E-state index in [4.69, 9.17) is 4.74 Å². The Bertz CT molecular complexity index is 509. The molecule has 2 heterocycles. The minimum Gasteiger partial charge on any atom is -0.508 e. The van der Waals surface area contributed by atoms with E-state index in [1.165, 1.54) is 5.57 Å². The number of rotatable bonds is 2. The average Bonchev–Trinajstić information content (AvgIpc) is 2.39. The molecule has 19 heavy (non-hydrogen) atoms. The molecule has 3 nitrogen and oxygen atoms in total. The van der Waals surface area contributed by atoms with Gasteiger partial charge in [-0.3, -0.25) is 4.90 Å². The summed E-state index contributed by atoms with van der Waals surface area (Å²) in [6.07, 6.45) is 3.50. The molecule has 1 N–H and O–H groups in total. The van der Waals surface area contributed by atoms with Crippen LogP contribution in [-0.2, 0) is 0 Å². The van der Waals surface area contributed by atoms with Crippen LogP contribution < -0.4 is 4.74 Å². The fraction of sp³-hybridized carbons (Fsp3) is 0.500. The second-order valence-corrected chi connectivity index (χ2v) is 5.60. The van der Waals surface area contributed by atoms with Gasteiger partial charge in [0.1, 0.15) is 18.1 Å². The maximum Gasteiger partial charge on any atom is 0.127 e. The van der Waals surface area contributed by atoms with Crippen LogP contribution in [0.15, 0.2) is 24.3 Å². The van der Waals surface area contributed by atoms with Crippen molar-refractivity contribution < 1.29 is 9.84 Å². The van der Waals surface area contributed by atoms with Gasteiger partial charge in [-0.05, 0) is 42.7 Å². The molecule has 2 aliphatic rings. The number of phenols is 1. The van der Waals surface area contributed by atoms with Gasteiger partial charge in [-0.1, -0.05) is 19.9 Å². The molecule has 1 aromatic rings. The van der Waals surface area contributed by atoms with Gasteiger partial charge in [-0.25, -0.2) is 0 Å². The van der Waals surface area contributed by atoms with Crippen LogP contribution in [0.1, 0.15) is 25.8 Å². The smallest absolute Gasteiger partial charge is 0.127 e. The highest BCUT2D eigenvalue weighted by molar-refractivity contribution is 5.77. The molecule has 0 radical (unpaired) electrons. The van der Waals surface area contributed by atoms with Crippen molar-refractivity contribution in [2.24, 2.45) is 5.92 Å². The van der Waals surface area contributed by atoms with Gasteiger partial charge in [0.15, 0.2) is 0 Å². The first-order chi connectivity index (χ1) is 9.19. The summed E-state index contributed by atoms with van der Waals surface area (Å²) in [6, 6.07) is 5.72. The van der Waals surface area contributed by atoms with Gasteiger partial charge in [0, 0.05) is 12.1 Å². The minimum atomic E-state index is 0.309. The summed E-state index contributed by atoms with van der Waals surface area (Å²) in [5.74, 6) is 1.75. The van der Waals surface area contributed by atoms with Gasteiger partial charge in [0.25, 0.3) is 0 Å². The maximum absolute atomic E-state index is 9.72. The molecule has 102 valence electrons. The topological polar surface area (TPSA) is 32.7 Å². The summed E-state index contributed by atoms with van der Waals surface area (Å²) in [4.78, 5) is 2.51. The molecular weight excluding hydrogens is 238 g/mol. The van der Waals surface area contributed by atoms with Gasteiger partial charge < -0.3 is 9.84 Å². The number of phenolic OH excluding ortho intramolecular Hbond substituents is 1. The lowest BCUT2D eigenvalue weighted by Gasteiger charge is -2.41. The van der Waals surface area contributed by atoms with E-state index in [1.807, 2.05) is 12.1 Å². The number of fused-ring (bicyclic) bond motifs is 3. The molecule has 0 aromatic heterocycles. The molecule has 0 aliphatic carbocycles. The van der Waals surface area contributed by atoms with Crippen molar-refractivity contribution in [3.63, 3.8) is 0 Å². The van der Waals surface area contributed by atoms with Crippen LogP contribution in [0.2, 0.25) is 0 Å². The lowest BCUT2D eigenvalue weighted by Crippen LogP contribution is -2.47. The third-order valence-electron chi connectivity index (χ3n) is 3.97. The molecule has 3 rings (SSSR count). The predicted molar refractivity (Wildman–Crippen MR) is 76.4 cm³/mol. The molecule has 2 aliphatic heterocycles. The van der Waals surface area contributed by atoms with E-state index in [2.05, 4.69) is 24.8 Å². The molecule has 0 amide bonds. The van der Waals surface area contributed by atoms with E-state index in [-0.39, 0.29) is 0 Å². The maximum atomic E-state index is 9.72. The summed E-state index contributed by atoms with van der Waals surface area (Å²) in [5, 5.41) is 9.72.